The normalized spacial score (nSPS) is 11.4. The summed E-state index contributed by atoms with van der Waals surface area (Å²) in [4.78, 5) is 25.3. The summed E-state index contributed by atoms with van der Waals surface area (Å²) in [5.74, 6) is -1.64. The van der Waals surface area contributed by atoms with Crippen LogP contribution in [-0.4, -0.2) is 19.0 Å². The molecule has 3 aromatic rings. The third-order valence-electron chi connectivity index (χ3n) is 4.00. The van der Waals surface area contributed by atoms with Crippen molar-refractivity contribution >= 4 is 17.6 Å². The van der Waals surface area contributed by atoms with Crippen LogP contribution in [0, 0.1) is 5.82 Å². The highest BCUT2D eigenvalue weighted by molar-refractivity contribution is 5.98. The van der Waals surface area contributed by atoms with Crippen LogP contribution in [-0.2, 0) is 9.53 Å². The van der Waals surface area contributed by atoms with Crippen molar-refractivity contribution in [3.63, 3.8) is 0 Å². The minimum absolute atomic E-state index is 0.238. The van der Waals surface area contributed by atoms with E-state index in [2.05, 4.69) is 5.32 Å². The second-order valence-electron chi connectivity index (χ2n) is 5.90. The first kappa shape index (κ1) is 19.1. The number of methoxy groups -OCH3 is 1. The smallest absolute Gasteiger partial charge is 0.342 e. The summed E-state index contributed by atoms with van der Waals surface area (Å²) in [5.41, 5.74) is 0.706. The molecular formula is C22H18FNO4. The predicted molar refractivity (Wildman–Crippen MR) is 103 cm³/mol. The molecule has 6 heteroatoms. The lowest BCUT2D eigenvalue weighted by Gasteiger charge is -2.18. The van der Waals surface area contributed by atoms with Crippen LogP contribution in [0.25, 0.3) is 0 Å². The van der Waals surface area contributed by atoms with Gasteiger partial charge >= 0.3 is 5.97 Å². The fourth-order valence-electron chi connectivity index (χ4n) is 2.61. The summed E-state index contributed by atoms with van der Waals surface area (Å²) < 4.78 is 24.4. The van der Waals surface area contributed by atoms with Gasteiger partial charge in [0, 0.05) is 17.3 Å². The topological polar surface area (TPSA) is 64.6 Å². The molecule has 0 aromatic heterocycles. The number of amides is 1. The first-order valence-electron chi connectivity index (χ1n) is 8.54. The van der Waals surface area contributed by atoms with E-state index in [0.29, 0.717) is 17.0 Å². The highest BCUT2D eigenvalue weighted by Gasteiger charge is 2.27. The van der Waals surface area contributed by atoms with Gasteiger partial charge in [0.25, 0.3) is 5.91 Å². The van der Waals surface area contributed by atoms with Crippen LogP contribution in [0.2, 0.25) is 0 Å². The van der Waals surface area contributed by atoms with Crippen LogP contribution in [0.1, 0.15) is 22.0 Å². The largest absolute Gasteiger partial charge is 0.497 e. The molecule has 1 N–H and O–H groups in total. The van der Waals surface area contributed by atoms with E-state index in [0.717, 1.165) is 6.07 Å². The molecule has 28 heavy (non-hydrogen) atoms. The van der Waals surface area contributed by atoms with Gasteiger partial charge in [0.1, 0.15) is 11.6 Å². The number of esters is 1. The van der Waals surface area contributed by atoms with Crippen molar-refractivity contribution in [1.82, 2.24) is 0 Å². The molecule has 0 aliphatic rings. The molecule has 0 fully saturated rings. The minimum Gasteiger partial charge on any atom is -0.497 e. The average molecular weight is 379 g/mol. The Balaban J connectivity index is 1.86. The monoisotopic (exact) mass is 379 g/mol. The Morgan fingerprint density at radius 1 is 0.929 bits per heavy atom. The molecule has 142 valence electrons. The van der Waals surface area contributed by atoms with Crippen molar-refractivity contribution in [2.24, 2.45) is 0 Å². The Hall–Kier alpha value is -3.67. The summed E-state index contributed by atoms with van der Waals surface area (Å²) in [6.07, 6.45) is -1.25. The van der Waals surface area contributed by atoms with Crippen molar-refractivity contribution in [2.45, 2.75) is 6.10 Å². The number of rotatable bonds is 6. The number of nitrogens with one attached hydrogen (secondary N) is 1. The molecule has 0 heterocycles. The highest BCUT2D eigenvalue weighted by Crippen LogP contribution is 2.24. The maximum atomic E-state index is 13.9. The molecule has 0 aliphatic carbocycles. The lowest BCUT2D eigenvalue weighted by molar-refractivity contribution is -0.125. The summed E-state index contributed by atoms with van der Waals surface area (Å²) >= 11 is 0. The Labute approximate surface area is 161 Å². The van der Waals surface area contributed by atoms with Gasteiger partial charge in [-0.2, -0.15) is 0 Å². The average Bonchev–Trinajstić information content (AvgIpc) is 2.73. The number of hydrogen-bond acceptors (Lipinski definition) is 4. The van der Waals surface area contributed by atoms with Gasteiger partial charge in [-0.25, -0.2) is 9.18 Å². The third-order valence-corrected chi connectivity index (χ3v) is 4.00. The first-order chi connectivity index (χ1) is 13.6. The van der Waals surface area contributed by atoms with Gasteiger partial charge in [-0.3, -0.25) is 4.79 Å². The van der Waals surface area contributed by atoms with Gasteiger partial charge in [-0.15, -0.1) is 0 Å². The van der Waals surface area contributed by atoms with Crippen molar-refractivity contribution in [1.29, 1.82) is 0 Å². The molecule has 0 aliphatic heterocycles. The molecule has 0 radical (unpaired) electrons. The molecule has 0 bridgehead atoms. The molecule has 1 amide bonds. The summed E-state index contributed by atoms with van der Waals surface area (Å²) in [6.45, 7) is 0. The van der Waals surface area contributed by atoms with Gasteiger partial charge in [-0.1, -0.05) is 48.5 Å². The standard InChI is InChI=1S/C22H18FNO4/c1-27-17-11-7-10-16(14-17)24-21(25)20(15-8-3-2-4-9-15)28-22(26)18-12-5-6-13-19(18)23/h2-14,20H,1H3,(H,24,25)/t20-/m0/s1. The fraction of sp³-hybridized carbons (Fsp3) is 0.0909. The zero-order chi connectivity index (χ0) is 19.9. The molecule has 1 atom stereocenters. The maximum absolute atomic E-state index is 13.9. The van der Waals surface area contributed by atoms with Gasteiger partial charge < -0.3 is 14.8 Å². The van der Waals surface area contributed by atoms with Crippen LogP contribution in [0.4, 0.5) is 10.1 Å². The van der Waals surface area contributed by atoms with Gasteiger partial charge in [0.2, 0.25) is 6.10 Å². The van der Waals surface area contributed by atoms with Crippen LogP contribution < -0.4 is 10.1 Å². The van der Waals surface area contributed by atoms with Gasteiger partial charge in [0.15, 0.2) is 0 Å². The van der Waals surface area contributed by atoms with Crippen LogP contribution in [0.15, 0.2) is 78.9 Å². The third kappa shape index (κ3) is 4.54. The second kappa shape index (κ2) is 8.81. The summed E-state index contributed by atoms with van der Waals surface area (Å²) in [7, 11) is 1.52. The van der Waals surface area contributed by atoms with Crippen molar-refractivity contribution in [2.75, 3.05) is 12.4 Å². The Bertz CT molecular complexity index is 975. The molecule has 0 unspecified atom stereocenters. The molecular weight excluding hydrogens is 361 g/mol. The number of carbonyl (C=O) groups excluding carboxylic acids is 2. The van der Waals surface area contributed by atoms with Crippen molar-refractivity contribution < 1.29 is 23.5 Å². The van der Waals surface area contributed by atoms with E-state index in [1.165, 1.54) is 25.3 Å². The molecule has 0 spiro atoms. The fourth-order valence-corrected chi connectivity index (χ4v) is 2.61. The van der Waals surface area contributed by atoms with Crippen LogP contribution in [0.3, 0.4) is 0 Å². The van der Waals surface area contributed by atoms with Crippen molar-refractivity contribution in [3.8, 4) is 5.75 Å². The molecule has 3 aromatic carbocycles. The number of benzene rings is 3. The lowest BCUT2D eigenvalue weighted by atomic mass is 10.1. The molecule has 0 saturated carbocycles. The van der Waals surface area contributed by atoms with Crippen LogP contribution in [0.5, 0.6) is 5.75 Å². The Morgan fingerprint density at radius 2 is 1.64 bits per heavy atom. The quantitative estimate of drug-likeness (QED) is 0.646. The minimum atomic E-state index is -1.25. The van der Waals surface area contributed by atoms with Gasteiger partial charge in [0.05, 0.1) is 12.7 Å². The second-order valence-corrected chi connectivity index (χ2v) is 5.90. The van der Waals surface area contributed by atoms with E-state index in [9.17, 15) is 14.0 Å². The lowest BCUT2D eigenvalue weighted by Crippen LogP contribution is -2.26. The number of carbonyl (C=O) groups is 2. The summed E-state index contributed by atoms with van der Waals surface area (Å²) in [5, 5.41) is 2.70. The molecule has 3 rings (SSSR count). The van der Waals surface area contributed by atoms with Crippen molar-refractivity contribution in [3.05, 3.63) is 95.8 Å². The zero-order valence-corrected chi connectivity index (χ0v) is 15.1. The highest BCUT2D eigenvalue weighted by atomic mass is 19.1. The maximum Gasteiger partial charge on any atom is 0.342 e. The van der Waals surface area contributed by atoms with Crippen LogP contribution >= 0.6 is 0 Å². The first-order valence-corrected chi connectivity index (χ1v) is 8.54. The van der Waals surface area contributed by atoms with Gasteiger partial charge in [-0.05, 0) is 24.3 Å². The van der Waals surface area contributed by atoms with E-state index in [1.54, 1.807) is 54.6 Å². The SMILES string of the molecule is COc1cccc(NC(=O)[C@@H](OC(=O)c2ccccc2F)c2ccccc2)c1. The Kier molecular flexibility index (Phi) is 6.01. The molecule has 0 saturated heterocycles. The predicted octanol–water partition coefficient (Wildman–Crippen LogP) is 4.37. The molecule has 5 nitrogen and oxygen atoms in total. The number of ether oxygens (including phenoxy) is 2. The number of hydrogen-bond donors (Lipinski definition) is 1. The van der Waals surface area contributed by atoms with E-state index >= 15 is 0 Å². The van der Waals surface area contributed by atoms with E-state index in [1.807, 2.05) is 0 Å². The van der Waals surface area contributed by atoms with E-state index < -0.39 is 23.8 Å². The summed E-state index contributed by atoms with van der Waals surface area (Å²) in [6, 6.07) is 20.8. The Morgan fingerprint density at radius 3 is 2.36 bits per heavy atom. The van der Waals surface area contributed by atoms with E-state index in [4.69, 9.17) is 9.47 Å². The number of halogens is 1. The zero-order valence-electron chi connectivity index (χ0n) is 15.1. The number of anilines is 1. The van der Waals surface area contributed by atoms with E-state index in [-0.39, 0.29) is 5.56 Å².